The van der Waals surface area contributed by atoms with E-state index in [2.05, 4.69) is 15.5 Å². The molecule has 3 aromatic heterocycles. The van der Waals surface area contributed by atoms with Crippen LogP contribution in [0.4, 0.5) is 23.4 Å². The predicted octanol–water partition coefficient (Wildman–Crippen LogP) is 5.25. The summed E-state index contributed by atoms with van der Waals surface area (Å²) in [5.74, 6) is -0.808. The minimum absolute atomic E-state index is 0.0993. The number of aromatic nitrogens is 4. The Morgan fingerprint density at radius 1 is 1.23 bits per heavy atom. The molecule has 31 heavy (non-hydrogen) atoms. The number of amides is 1. The van der Waals surface area contributed by atoms with Gasteiger partial charge in [0.25, 0.3) is 5.91 Å². The standard InChI is InChI=1S/C19H14ClF4N5OS/c1-9-5-15(26-29(9)8-10-3-4-11(21)6-13(10)20)25-17(30)14-7-12-16(19(22,23)24)27-28(2)18(12)31-14/h3-7H,8H2,1-2H3,(H,25,26,30). The van der Waals surface area contributed by atoms with Crippen molar-refractivity contribution in [2.24, 2.45) is 7.05 Å². The Morgan fingerprint density at radius 2 is 1.97 bits per heavy atom. The number of anilines is 1. The number of carbonyl (C=O) groups is 1. The van der Waals surface area contributed by atoms with E-state index >= 15 is 0 Å². The molecule has 3 heterocycles. The van der Waals surface area contributed by atoms with Crippen LogP contribution in [0.2, 0.25) is 5.02 Å². The van der Waals surface area contributed by atoms with Gasteiger partial charge in [0.2, 0.25) is 0 Å². The first-order chi connectivity index (χ1) is 14.5. The van der Waals surface area contributed by atoms with E-state index in [9.17, 15) is 22.4 Å². The fourth-order valence-corrected chi connectivity index (χ4v) is 4.28. The molecular formula is C19H14ClF4N5OS. The van der Waals surface area contributed by atoms with E-state index in [0.717, 1.165) is 16.0 Å². The van der Waals surface area contributed by atoms with Crippen molar-refractivity contribution in [3.63, 3.8) is 0 Å². The van der Waals surface area contributed by atoms with Crippen LogP contribution in [0.3, 0.4) is 0 Å². The van der Waals surface area contributed by atoms with Crippen LogP contribution in [-0.4, -0.2) is 25.5 Å². The fraction of sp³-hybridized carbons (Fsp3) is 0.211. The van der Waals surface area contributed by atoms with Gasteiger partial charge in [-0.25, -0.2) is 4.39 Å². The number of hydrogen-bond acceptors (Lipinski definition) is 4. The van der Waals surface area contributed by atoms with Crippen molar-refractivity contribution in [2.75, 3.05) is 5.32 Å². The average Bonchev–Trinajstić information content (AvgIpc) is 3.32. The molecule has 1 aromatic carbocycles. The Hall–Kier alpha value is -2.92. The van der Waals surface area contributed by atoms with Crippen molar-refractivity contribution in [3.8, 4) is 0 Å². The van der Waals surface area contributed by atoms with Crippen LogP contribution in [0.25, 0.3) is 10.2 Å². The summed E-state index contributed by atoms with van der Waals surface area (Å²) in [5.41, 5.74) is 0.316. The summed E-state index contributed by atoms with van der Waals surface area (Å²) < 4.78 is 55.3. The Balaban J connectivity index is 1.56. The molecule has 0 unspecified atom stereocenters. The van der Waals surface area contributed by atoms with Crippen molar-refractivity contribution in [1.82, 2.24) is 19.6 Å². The molecule has 0 saturated heterocycles. The first-order valence-corrected chi connectivity index (χ1v) is 10.1. The highest BCUT2D eigenvalue weighted by Gasteiger charge is 2.37. The highest BCUT2D eigenvalue weighted by atomic mass is 35.5. The number of halogens is 5. The van der Waals surface area contributed by atoms with E-state index in [4.69, 9.17) is 11.6 Å². The van der Waals surface area contributed by atoms with Crippen LogP contribution < -0.4 is 5.32 Å². The van der Waals surface area contributed by atoms with E-state index in [0.29, 0.717) is 11.3 Å². The number of aryl methyl sites for hydroxylation is 2. The molecule has 0 radical (unpaired) electrons. The van der Waals surface area contributed by atoms with Crippen LogP contribution in [0.15, 0.2) is 30.3 Å². The SMILES string of the molecule is Cc1cc(NC(=O)c2cc3c(C(F)(F)F)nn(C)c3s2)nn1Cc1ccc(F)cc1Cl. The van der Waals surface area contributed by atoms with Gasteiger partial charge in [-0.2, -0.15) is 23.4 Å². The van der Waals surface area contributed by atoms with Gasteiger partial charge in [-0.1, -0.05) is 17.7 Å². The lowest BCUT2D eigenvalue weighted by molar-refractivity contribution is -0.140. The maximum atomic E-state index is 13.2. The maximum absolute atomic E-state index is 13.2. The van der Waals surface area contributed by atoms with E-state index in [1.807, 2.05) is 0 Å². The summed E-state index contributed by atoms with van der Waals surface area (Å²) in [4.78, 5) is 12.9. The molecule has 4 aromatic rings. The highest BCUT2D eigenvalue weighted by molar-refractivity contribution is 7.20. The van der Waals surface area contributed by atoms with Gasteiger partial charge in [0.05, 0.1) is 11.4 Å². The summed E-state index contributed by atoms with van der Waals surface area (Å²) in [6.07, 6.45) is -4.62. The topological polar surface area (TPSA) is 64.7 Å². The third-order valence-electron chi connectivity index (χ3n) is 4.56. The largest absolute Gasteiger partial charge is 0.435 e. The second-order valence-corrected chi connectivity index (χ2v) is 8.26. The van der Waals surface area contributed by atoms with Crippen LogP contribution in [0.5, 0.6) is 0 Å². The second-order valence-electron chi connectivity index (χ2n) is 6.82. The van der Waals surface area contributed by atoms with Gasteiger partial charge in [0, 0.05) is 29.2 Å². The molecule has 0 fully saturated rings. The van der Waals surface area contributed by atoms with Gasteiger partial charge in [-0.15, -0.1) is 11.3 Å². The molecule has 0 saturated carbocycles. The third-order valence-corrected chi connectivity index (χ3v) is 6.11. The molecule has 1 amide bonds. The summed E-state index contributed by atoms with van der Waals surface area (Å²) in [5, 5.41) is 10.5. The van der Waals surface area contributed by atoms with E-state index in [-0.39, 0.29) is 32.5 Å². The Kier molecular flexibility index (Phi) is 5.26. The molecule has 12 heteroatoms. The van der Waals surface area contributed by atoms with Crippen LogP contribution in [0.1, 0.15) is 26.6 Å². The van der Waals surface area contributed by atoms with Gasteiger partial charge in [0.1, 0.15) is 10.6 Å². The molecule has 6 nitrogen and oxygen atoms in total. The zero-order chi connectivity index (χ0) is 22.5. The Labute approximate surface area is 182 Å². The smallest absolute Gasteiger partial charge is 0.304 e. The zero-order valence-electron chi connectivity index (χ0n) is 16.1. The lowest BCUT2D eigenvalue weighted by Crippen LogP contribution is -2.12. The first kappa shape index (κ1) is 21.3. The normalized spacial score (nSPS) is 12.0. The van der Waals surface area contributed by atoms with Gasteiger partial charge in [-0.3, -0.25) is 14.2 Å². The monoisotopic (exact) mass is 471 g/mol. The van der Waals surface area contributed by atoms with Crippen molar-refractivity contribution in [2.45, 2.75) is 19.6 Å². The molecule has 0 aliphatic heterocycles. The number of alkyl halides is 3. The number of carbonyl (C=O) groups excluding carboxylic acids is 1. The molecule has 0 aliphatic carbocycles. The van der Waals surface area contributed by atoms with Gasteiger partial charge >= 0.3 is 6.18 Å². The maximum Gasteiger partial charge on any atom is 0.435 e. The van der Waals surface area contributed by atoms with Crippen molar-refractivity contribution < 1.29 is 22.4 Å². The van der Waals surface area contributed by atoms with Crippen molar-refractivity contribution in [1.29, 1.82) is 0 Å². The number of fused-ring (bicyclic) bond motifs is 1. The number of hydrogen-bond donors (Lipinski definition) is 1. The third kappa shape index (κ3) is 4.15. The van der Waals surface area contributed by atoms with Crippen LogP contribution >= 0.6 is 22.9 Å². The zero-order valence-corrected chi connectivity index (χ0v) is 17.7. The number of benzene rings is 1. The second kappa shape index (κ2) is 7.65. The lowest BCUT2D eigenvalue weighted by atomic mass is 10.2. The van der Waals surface area contributed by atoms with Gasteiger partial charge in [-0.05, 0) is 30.7 Å². The van der Waals surface area contributed by atoms with Gasteiger partial charge in [0.15, 0.2) is 11.5 Å². The molecular weight excluding hydrogens is 458 g/mol. The van der Waals surface area contributed by atoms with Crippen LogP contribution in [0, 0.1) is 12.7 Å². The number of nitrogens with one attached hydrogen (secondary N) is 1. The lowest BCUT2D eigenvalue weighted by Gasteiger charge is -2.06. The Morgan fingerprint density at radius 3 is 2.65 bits per heavy atom. The molecule has 1 N–H and O–H groups in total. The number of nitrogens with zero attached hydrogens (tertiary/aromatic N) is 4. The quantitative estimate of drug-likeness (QED) is 0.413. The molecule has 162 valence electrons. The molecule has 0 atom stereocenters. The van der Waals surface area contributed by atoms with E-state index in [1.165, 1.54) is 25.2 Å². The first-order valence-electron chi connectivity index (χ1n) is 8.86. The molecule has 4 rings (SSSR count). The van der Waals surface area contributed by atoms with Crippen molar-refractivity contribution >= 4 is 44.9 Å². The minimum Gasteiger partial charge on any atom is -0.304 e. The predicted molar refractivity (Wildman–Crippen MR) is 109 cm³/mol. The Bertz CT molecular complexity index is 1310. The van der Waals surface area contributed by atoms with Gasteiger partial charge < -0.3 is 5.32 Å². The van der Waals surface area contributed by atoms with E-state index in [1.54, 1.807) is 23.7 Å². The molecule has 0 aliphatic rings. The number of rotatable bonds is 4. The summed E-state index contributed by atoms with van der Waals surface area (Å²) >= 11 is 6.96. The summed E-state index contributed by atoms with van der Waals surface area (Å²) in [6, 6.07) is 6.82. The summed E-state index contributed by atoms with van der Waals surface area (Å²) in [6.45, 7) is 2.02. The minimum atomic E-state index is -4.62. The summed E-state index contributed by atoms with van der Waals surface area (Å²) in [7, 11) is 1.39. The molecule has 0 bridgehead atoms. The fourth-order valence-electron chi connectivity index (χ4n) is 3.08. The van der Waals surface area contributed by atoms with Crippen LogP contribution in [-0.2, 0) is 19.8 Å². The van der Waals surface area contributed by atoms with Crippen molar-refractivity contribution in [3.05, 3.63) is 63.0 Å². The van der Waals surface area contributed by atoms with E-state index < -0.39 is 23.6 Å². The average molecular weight is 472 g/mol. The molecule has 0 spiro atoms. The number of thiophene rings is 1. The highest BCUT2D eigenvalue weighted by Crippen LogP contribution is 2.37.